The van der Waals surface area contributed by atoms with E-state index in [0.717, 1.165) is 0 Å². The molecule has 6 heteroatoms. The molecule has 0 bridgehead atoms. The second-order valence-electron chi connectivity index (χ2n) is 3.69. The largest absolute Gasteiger partial charge is 0.435 e. The van der Waals surface area contributed by atoms with Crippen molar-refractivity contribution in [1.82, 2.24) is 9.78 Å². The van der Waals surface area contributed by atoms with Gasteiger partial charge in [0.25, 0.3) is 0 Å². The molecule has 0 spiro atoms. The van der Waals surface area contributed by atoms with Crippen molar-refractivity contribution in [3.05, 3.63) is 17.5 Å². The summed E-state index contributed by atoms with van der Waals surface area (Å²) in [5.41, 5.74) is 4.91. The summed E-state index contributed by atoms with van der Waals surface area (Å²) in [7, 11) is 1.48. The third-order valence-corrected chi connectivity index (χ3v) is 2.04. The fraction of sp³-hybridized carbons (Fsp3) is 0.667. The Morgan fingerprint density at radius 3 is 2.60 bits per heavy atom. The molecule has 0 aliphatic heterocycles. The van der Waals surface area contributed by atoms with Crippen LogP contribution in [0.15, 0.2) is 6.20 Å². The molecule has 0 aliphatic carbocycles. The summed E-state index contributed by atoms with van der Waals surface area (Å²) in [6.07, 6.45) is -2.16. The minimum absolute atomic E-state index is 0.105. The molecule has 0 aromatic carbocycles. The number of alkyl halides is 3. The monoisotopic (exact) mass is 221 g/mol. The second kappa shape index (κ2) is 4.22. The number of rotatable bonds is 3. The van der Waals surface area contributed by atoms with Crippen molar-refractivity contribution < 1.29 is 13.2 Å². The molecule has 1 atom stereocenters. The highest BCUT2D eigenvalue weighted by atomic mass is 19.4. The molecular formula is C9H14F3N3. The summed E-state index contributed by atoms with van der Waals surface area (Å²) in [5, 5.41) is 3.41. The number of nitrogens with zero attached hydrogens (tertiary/aromatic N) is 2. The van der Waals surface area contributed by atoms with Crippen LogP contribution in [0.5, 0.6) is 0 Å². The van der Waals surface area contributed by atoms with Crippen LogP contribution in [0.1, 0.15) is 24.6 Å². The van der Waals surface area contributed by atoms with Crippen molar-refractivity contribution in [3.63, 3.8) is 0 Å². The Bertz CT molecular complexity index is 328. The van der Waals surface area contributed by atoms with Crippen molar-refractivity contribution in [2.24, 2.45) is 12.8 Å². The highest BCUT2D eigenvalue weighted by Gasteiger charge is 2.36. The van der Waals surface area contributed by atoms with Gasteiger partial charge in [0.2, 0.25) is 0 Å². The van der Waals surface area contributed by atoms with Gasteiger partial charge in [0.05, 0.1) is 0 Å². The summed E-state index contributed by atoms with van der Waals surface area (Å²) in [6.45, 7) is 1.77. The number of aryl methyl sites for hydroxylation is 2. The Balaban J connectivity index is 2.87. The van der Waals surface area contributed by atoms with E-state index in [1.807, 2.05) is 0 Å². The first kappa shape index (κ1) is 12.0. The zero-order valence-electron chi connectivity index (χ0n) is 8.67. The minimum atomic E-state index is -4.38. The van der Waals surface area contributed by atoms with Gasteiger partial charge in [-0.15, -0.1) is 0 Å². The van der Waals surface area contributed by atoms with Crippen LogP contribution in [0.2, 0.25) is 0 Å². The van der Waals surface area contributed by atoms with E-state index in [-0.39, 0.29) is 11.6 Å². The van der Waals surface area contributed by atoms with Crippen LogP contribution in [0.25, 0.3) is 0 Å². The molecule has 0 amide bonds. The van der Waals surface area contributed by atoms with Crippen molar-refractivity contribution in [3.8, 4) is 0 Å². The third kappa shape index (κ3) is 3.23. The summed E-state index contributed by atoms with van der Waals surface area (Å²) < 4.78 is 38.6. The average Bonchev–Trinajstić information content (AvgIpc) is 2.42. The fourth-order valence-corrected chi connectivity index (χ4v) is 1.34. The van der Waals surface area contributed by atoms with Gasteiger partial charge in [-0.05, 0) is 19.8 Å². The van der Waals surface area contributed by atoms with Gasteiger partial charge in [-0.1, -0.05) is 0 Å². The minimum Gasteiger partial charge on any atom is -0.328 e. The van der Waals surface area contributed by atoms with Gasteiger partial charge in [-0.25, -0.2) is 0 Å². The van der Waals surface area contributed by atoms with Gasteiger partial charge >= 0.3 is 6.18 Å². The second-order valence-corrected chi connectivity index (χ2v) is 3.69. The Morgan fingerprint density at radius 2 is 2.13 bits per heavy atom. The fourth-order valence-electron chi connectivity index (χ4n) is 1.34. The van der Waals surface area contributed by atoms with Crippen molar-refractivity contribution in [2.75, 3.05) is 0 Å². The van der Waals surface area contributed by atoms with E-state index in [1.165, 1.54) is 17.9 Å². The molecular weight excluding hydrogens is 207 g/mol. The van der Waals surface area contributed by atoms with E-state index in [4.69, 9.17) is 5.73 Å². The summed E-state index contributed by atoms with van der Waals surface area (Å²) in [6, 6.07) is -0.105. The molecule has 1 heterocycles. The predicted molar refractivity (Wildman–Crippen MR) is 50.2 cm³/mol. The highest BCUT2D eigenvalue weighted by Crippen LogP contribution is 2.31. The number of aromatic nitrogens is 2. The van der Waals surface area contributed by atoms with Crippen molar-refractivity contribution >= 4 is 0 Å². The number of nitrogens with two attached hydrogens (primary N) is 1. The van der Waals surface area contributed by atoms with E-state index >= 15 is 0 Å². The SMILES string of the molecule is C[C@@H](N)CCc1cn(C)nc1C(F)(F)F. The average molecular weight is 221 g/mol. The Hall–Kier alpha value is -1.04. The first-order valence-corrected chi connectivity index (χ1v) is 4.66. The smallest absolute Gasteiger partial charge is 0.328 e. The van der Waals surface area contributed by atoms with Crippen LogP contribution in [0.4, 0.5) is 13.2 Å². The predicted octanol–water partition coefficient (Wildman–Crippen LogP) is 1.72. The van der Waals surface area contributed by atoms with E-state index in [2.05, 4.69) is 5.10 Å². The Morgan fingerprint density at radius 1 is 1.53 bits per heavy atom. The summed E-state index contributed by atoms with van der Waals surface area (Å²) in [4.78, 5) is 0. The first-order chi connectivity index (χ1) is 6.80. The standard InChI is InChI=1S/C9H14F3N3/c1-6(13)3-4-7-5-15(2)14-8(7)9(10,11)12/h5-6H,3-4,13H2,1-2H3/t6-/m1/s1. The molecule has 0 radical (unpaired) electrons. The molecule has 15 heavy (non-hydrogen) atoms. The molecule has 86 valence electrons. The van der Waals surface area contributed by atoms with Gasteiger partial charge in [-0.2, -0.15) is 18.3 Å². The molecule has 1 aromatic heterocycles. The van der Waals surface area contributed by atoms with Gasteiger partial charge in [0.15, 0.2) is 5.69 Å². The Labute approximate surface area is 86.1 Å². The first-order valence-electron chi connectivity index (χ1n) is 4.66. The van der Waals surface area contributed by atoms with Crippen LogP contribution < -0.4 is 5.73 Å². The molecule has 0 saturated carbocycles. The van der Waals surface area contributed by atoms with Crippen LogP contribution in [0.3, 0.4) is 0 Å². The quantitative estimate of drug-likeness (QED) is 0.844. The summed E-state index contributed by atoms with van der Waals surface area (Å²) >= 11 is 0. The van der Waals surface area contributed by atoms with Gasteiger partial charge in [-0.3, -0.25) is 4.68 Å². The lowest BCUT2D eigenvalue weighted by Crippen LogP contribution is -2.16. The van der Waals surface area contributed by atoms with Crippen LogP contribution >= 0.6 is 0 Å². The molecule has 0 unspecified atom stereocenters. The summed E-state index contributed by atoms with van der Waals surface area (Å²) in [5.74, 6) is 0. The topological polar surface area (TPSA) is 43.8 Å². The maximum absolute atomic E-state index is 12.5. The van der Waals surface area contributed by atoms with E-state index in [0.29, 0.717) is 12.8 Å². The van der Waals surface area contributed by atoms with Gasteiger partial charge in [0, 0.05) is 24.8 Å². The molecule has 0 saturated heterocycles. The van der Waals surface area contributed by atoms with Crippen molar-refractivity contribution in [1.29, 1.82) is 0 Å². The van der Waals surface area contributed by atoms with Crippen LogP contribution in [0, 0.1) is 0 Å². The molecule has 3 nitrogen and oxygen atoms in total. The van der Waals surface area contributed by atoms with Gasteiger partial charge in [0.1, 0.15) is 0 Å². The number of hydrogen-bond donors (Lipinski definition) is 1. The molecule has 1 aromatic rings. The lowest BCUT2D eigenvalue weighted by atomic mass is 10.1. The Kier molecular flexibility index (Phi) is 3.38. The lowest BCUT2D eigenvalue weighted by Gasteiger charge is -2.07. The molecule has 2 N–H and O–H groups in total. The zero-order valence-corrected chi connectivity index (χ0v) is 8.67. The molecule has 0 aliphatic rings. The van der Waals surface area contributed by atoms with Crippen LogP contribution in [-0.4, -0.2) is 15.8 Å². The van der Waals surface area contributed by atoms with E-state index < -0.39 is 11.9 Å². The number of hydrogen-bond acceptors (Lipinski definition) is 2. The maximum atomic E-state index is 12.5. The lowest BCUT2D eigenvalue weighted by molar-refractivity contribution is -0.142. The van der Waals surface area contributed by atoms with E-state index in [1.54, 1.807) is 6.92 Å². The maximum Gasteiger partial charge on any atom is 0.435 e. The van der Waals surface area contributed by atoms with Gasteiger partial charge < -0.3 is 5.73 Å². The van der Waals surface area contributed by atoms with E-state index in [9.17, 15) is 13.2 Å². The highest BCUT2D eigenvalue weighted by molar-refractivity contribution is 5.20. The third-order valence-electron chi connectivity index (χ3n) is 2.04. The molecule has 1 rings (SSSR count). The number of halogens is 3. The van der Waals surface area contributed by atoms with Crippen LogP contribution in [-0.2, 0) is 19.6 Å². The van der Waals surface area contributed by atoms with Crippen molar-refractivity contribution in [2.45, 2.75) is 32.0 Å². The molecule has 0 fully saturated rings. The normalized spacial score (nSPS) is 14.3. The zero-order chi connectivity index (χ0) is 11.6.